The molecule has 0 radical (unpaired) electrons. The van der Waals surface area contributed by atoms with E-state index in [0.717, 1.165) is 37.1 Å². The van der Waals surface area contributed by atoms with Crippen LogP contribution in [-0.2, 0) is 0 Å². The lowest BCUT2D eigenvalue weighted by Crippen LogP contribution is -2.44. The number of nitrogens with zero attached hydrogens (tertiary/aromatic N) is 1. The van der Waals surface area contributed by atoms with Gasteiger partial charge in [0.1, 0.15) is 5.75 Å². The van der Waals surface area contributed by atoms with Gasteiger partial charge in [0.15, 0.2) is 0 Å². The number of methoxy groups -OCH3 is 1. The molecule has 2 rings (SSSR count). The molecular formula is C16H24N2O2. The van der Waals surface area contributed by atoms with Crippen LogP contribution in [0.2, 0.25) is 0 Å². The molecule has 1 aromatic rings. The lowest BCUT2D eigenvalue weighted by atomic mass is 10.1. The Labute approximate surface area is 120 Å². The Morgan fingerprint density at radius 2 is 2.20 bits per heavy atom. The molecular weight excluding hydrogens is 252 g/mol. The van der Waals surface area contributed by atoms with Crippen LogP contribution in [0.3, 0.4) is 0 Å². The third kappa shape index (κ3) is 3.12. The Morgan fingerprint density at radius 1 is 1.40 bits per heavy atom. The number of aryl methyl sites for hydroxylation is 1. The van der Waals surface area contributed by atoms with E-state index in [1.807, 2.05) is 30.0 Å². The number of carbonyl (C=O) groups is 1. The van der Waals surface area contributed by atoms with Gasteiger partial charge >= 0.3 is 0 Å². The Morgan fingerprint density at radius 3 is 2.90 bits per heavy atom. The van der Waals surface area contributed by atoms with Gasteiger partial charge in [-0.3, -0.25) is 4.79 Å². The summed E-state index contributed by atoms with van der Waals surface area (Å²) in [6, 6.07) is 5.80. The highest BCUT2D eigenvalue weighted by Crippen LogP contribution is 2.23. The van der Waals surface area contributed by atoms with Crippen LogP contribution in [0.1, 0.15) is 41.6 Å². The number of amides is 1. The molecule has 1 amide bonds. The van der Waals surface area contributed by atoms with Crippen LogP contribution in [-0.4, -0.2) is 37.0 Å². The van der Waals surface area contributed by atoms with E-state index >= 15 is 0 Å². The Balaban J connectivity index is 2.24. The number of likely N-dealkylation sites (tertiary alicyclic amines) is 1. The fourth-order valence-corrected chi connectivity index (χ4v) is 2.81. The monoisotopic (exact) mass is 276 g/mol. The van der Waals surface area contributed by atoms with Gasteiger partial charge < -0.3 is 15.4 Å². The summed E-state index contributed by atoms with van der Waals surface area (Å²) < 4.78 is 5.31. The molecule has 1 fully saturated rings. The third-order valence-electron chi connectivity index (χ3n) is 4.07. The largest absolute Gasteiger partial charge is 0.496 e. The fourth-order valence-electron chi connectivity index (χ4n) is 2.81. The SMILES string of the molecule is COc1cc(C(=O)N2CCCCCC2CN)ccc1C. The van der Waals surface area contributed by atoms with E-state index in [-0.39, 0.29) is 11.9 Å². The molecule has 1 aromatic carbocycles. The molecule has 1 atom stereocenters. The maximum absolute atomic E-state index is 12.7. The molecule has 20 heavy (non-hydrogen) atoms. The molecule has 1 aliphatic rings. The van der Waals surface area contributed by atoms with Crippen LogP contribution >= 0.6 is 0 Å². The second-order valence-electron chi connectivity index (χ2n) is 5.42. The maximum atomic E-state index is 12.7. The number of ether oxygens (including phenoxy) is 1. The molecule has 0 spiro atoms. The quantitative estimate of drug-likeness (QED) is 0.922. The predicted octanol–water partition coefficient (Wildman–Crippen LogP) is 2.35. The van der Waals surface area contributed by atoms with Crippen molar-refractivity contribution in [3.63, 3.8) is 0 Å². The van der Waals surface area contributed by atoms with Crippen molar-refractivity contribution >= 4 is 5.91 Å². The zero-order valence-corrected chi connectivity index (χ0v) is 12.4. The smallest absolute Gasteiger partial charge is 0.254 e. The number of carbonyl (C=O) groups excluding carboxylic acids is 1. The molecule has 0 aliphatic carbocycles. The van der Waals surface area contributed by atoms with E-state index < -0.39 is 0 Å². The predicted molar refractivity (Wildman–Crippen MR) is 80.1 cm³/mol. The van der Waals surface area contributed by atoms with Gasteiger partial charge in [-0.1, -0.05) is 18.9 Å². The van der Waals surface area contributed by atoms with Crippen LogP contribution in [0.15, 0.2) is 18.2 Å². The molecule has 0 saturated carbocycles. The van der Waals surface area contributed by atoms with E-state index in [4.69, 9.17) is 10.5 Å². The highest BCUT2D eigenvalue weighted by atomic mass is 16.5. The van der Waals surface area contributed by atoms with Crippen molar-refractivity contribution in [3.8, 4) is 5.75 Å². The Bertz CT molecular complexity index is 474. The second-order valence-corrected chi connectivity index (χ2v) is 5.42. The topological polar surface area (TPSA) is 55.6 Å². The van der Waals surface area contributed by atoms with Gasteiger partial charge in [0.25, 0.3) is 5.91 Å². The van der Waals surface area contributed by atoms with Gasteiger partial charge in [0.2, 0.25) is 0 Å². The number of nitrogens with two attached hydrogens (primary N) is 1. The summed E-state index contributed by atoms with van der Waals surface area (Å²) in [5.74, 6) is 0.829. The first-order valence-corrected chi connectivity index (χ1v) is 7.33. The van der Waals surface area contributed by atoms with Crippen molar-refractivity contribution in [2.45, 2.75) is 38.6 Å². The summed E-state index contributed by atoms with van der Waals surface area (Å²) in [5.41, 5.74) is 7.57. The summed E-state index contributed by atoms with van der Waals surface area (Å²) in [6.07, 6.45) is 4.40. The van der Waals surface area contributed by atoms with Crippen molar-refractivity contribution < 1.29 is 9.53 Å². The minimum atomic E-state index is 0.0700. The van der Waals surface area contributed by atoms with Crippen molar-refractivity contribution in [2.75, 3.05) is 20.2 Å². The standard InChI is InChI=1S/C16H24N2O2/c1-12-7-8-13(10-15(12)20-2)16(19)18-9-5-3-4-6-14(18)11-17/h7-8,10,14H,3-6,9,11,17H2,1-2H3. The highest BCUT2D eigenvalue weighted by Gasteiger charge is 2.25. The zero-order chi connectivity index (χ0) is 14.5. The molecule has 4 heteroatoms. The minimum Gasteiger partial charge on any atom is -0.496 e. The van der Waals surface area contributed by atoms with Gasteiger partial charge in [-0.25, -0.2) is 0 Å². The van der Waals surface area contributed by atoms with Crippen molar-refractivity contribution in [2.24, 2.45) is 5.73 Å². The third-order valence-corrected chi connectivity index (χ3v) is 4.07. The molecule has 1 heterocycles. The summed E-state index contributed by atoms with van der Waals surface area (Å²) in [6.45, 7) is 3.31. The lowest BCUT2D eigenvalue weighted by Gasteiger charge is -2.29. The van der Waals surface area contributed by atoms with E-state index in [0.29, 0.717) is 12.1 Å². The molecule has 0 bridgehead atoms. The molecule has 2 N–H and O–H groups in total. The van der Waals surface area contributed by atoms with Crippen LogP contribution < -0.4 is 10.5 Å². The number of rotatable bonds is 3. The normalized spacial score (nSPS) is 19.6. The van der Waals surface area contributed by atoms with Gasteiger partial charge in [-0.2, -0.15) is 0 Å². The maximum Gasteiger partial charge on any atom is 0.254 e. The molecule has 1 aliphatic heterocycles. The summed E-state index contributed by atoms with van der Waals surface area (Å²) >= 11 is 0. The highest BCUT2D eigenvalue weighted by molar-refractivity contribution is 5.95. The van der Waals surface area contributed by atoms with Crippen LogP contribution in [0, 0.1) is 6.92 Å². The Kier molecular flexibility index (Phi) is 5.01. The van der Waals surface area contributed by atoms with E-state index in [2.05, 4.69) is 0 Å². The summed E-state index contributed by atoms with van der Waals surface area (Å²) in [5, 5.41) is 0. The molecule has 1 unspecified atom stereocenters. The van der Waals surface area contributed by atoms with Crippen LogP contribution in [0.4, 0.5) is 0 Å². The van der Waals surface area contributed by atoms with Crippen LogP contribution in [0.5, 0.6) is 5.75 Å². The molecule has 0 aromatic heterocycles. The summed E-state index contributed by atoms with van der Waals surface area (Å²) in [4.78, 5) is 14.7. The average molecular weight is 276 g/mol. The van der Waals surface area contributed by atoms with Gasteiger partial charge in [0, 0.05) is 24.7 Å². The summed E-state index contributed by atoms with van der Waals surface area (Å²) in [7, 11) is 1.63. The molecule has 4 nitrogen and oxygen atoms in total. The van der Waals surface area contributed by atoms with Crippen molar-refractivity contribution in [1.29, 1.82) is 0 Å². The first kappa shape index (κ1) is 14.9. The van der Waals surface area contributed by atoms with Gasteiger partial charge in [0.05, 0.1) is 7.11 Å². The second kappa shape index (κ2) is 6.75. The number of benzene rings is 1. The zero-order valence-electron chi connectivity index (χ0n) is 12.4. The molecule has 110 valence electrons. The first-order valence-electron chi connectivity index (χ1n) is 7.33. The van der Waals surface area contributed by atoms with Crippen molar-refractivity contribution in [3.05, 3.63) is 29.3 Å². The van der Waals surface area contributed by atoms with E-state index in [9.17, 15) is 4.79 Å². The Hall–Kier alpha value is -1.55. The fraction of sp³-hybridized carbons (Fsp3) is 0.562. The van der Waals surface area contributed by atoms with E-state index in [1.54, 1.807) is 7.11 Å². The number of hydrogen-bond donors (Lipinski definition) is 1. The average Bonchev–Trinajstić information content (AvgIpc) is 2.72. The molecule has 1 saturated heterocycles. The first-order chi connectivity index (χ1) is 9.67. The van der Waals surface area contributed by atoms with Crippen molar-refractivity contribution in [1.82, 2.24) is 4.90 Å². The van der Waals surface area contributed by atoms with Gasteiger partial charge in [-0.15, -0.1) is 0 Å². The lowest BCUT2D eigenvalue weighted by molar-refractivity contribution is 0.0688. The number of hydrogen-bond acceptors (Lipinski definition) is 3. The van der Waals surface area contributed by atoms with Crippen LogP contribution in [0.25, 0.3) is 0 Å². The minimum absolute atomic E-state index is 0.0700. The van der Waals surface area contributed by atoms with E-state index in [1.165, 1.54) is 6.42 Å². The van der Waals surface area contributed by atoms with Gasteiger partial charge in [-0.05, 0) is 37.5 Å².